The highest BCUT2D eigenvalue weighted by molar-refractivity contribution is 7.98. The highest BCUT2D eigenvalue weighted by Gasteiger charge is 2.18. The van der Waals surface area contributed by atoms with Crippen molar-refractivity contribution in [1.82, 2.24) is 15.1 Å². The number of hydrogen-bond acceptors (Lipinski definition) is 3. The summed E-state index contributed by atoms with van der Waals surface area (Å²) in [7, 11) is 1.91. The van der Waals surface area contributed by atoms with Gasteiger partial charge in [0.05, 0.1) is 17.4 Å². The summed E-state index contributed by atoms with van der Waals surface area (Å²) in [6.45, 7) is 4.25. The number of aromatic nitrogens is 4. The lowest BCUT2D eigenvalue weighted by Crippen LogP contribution is -2.33. The molecular weight excluding hydrogens is 172 g/mol. The Morgan fingerprint density at radius 1 is 1.67 bits per heavy atom. The van der Waals surface area contributed by atoms with Crippen LogP contribution in [0.15, 0.2) is 5.16 Å². The maximum Gasteiger partial charge on any atom is 0.357 e. The quantitative estimate of drug-likeness (QED) is 0.518. The molecule has 0 saturated heterocycles. The fourth-order valence-corrected chi connectivity index (χ4v) is 1.34. The van der Waals surface area contributed by atoms with Crippen LogP contribution in [0.4, 0.5) is 0 Å². The van der Waals surface area contributed by atoms with Crippen LogP contribution in [-0.4, -0.2) is 21.4 Å². The van der Waals surface area contributed by atoms with Crippen molar-refractivity contribution in [2.24, 2.45) is 7.05 Å². The third-order valence-electron chi connectivity index (χ3n) is 1.86. The molecule has 0 aliphatic rings. The third kappa shape index (κ3) is 1.77. The van der Waals surface area contributed by atoms with Crippen molar-refractivity contribution < 1.29 is 4.68 Å². The molecule has 1 aromatic heterocycles. The zero-order chi connectivity index (χ0) is 9.14. The molecule has 0 N–H and O–H groups in total. The molecule has 0 saturated carbocycles. The van der Waals surface area contributed by atoms with Gasteiger partial charge in [-0.3, -0.25) is 0 Å². The molecule has 1 aromatic rings. The summed E-state index contributed by atoms with van der Waals surface area (Å²) in [6.07, 6.45) is 3.06. The van der Waals surface area contributed by atoms with Crippen LogP contribution < -0.4 is 4.68 Å². The molecule has 1 rings (SSSR count). The van der Waals surface area contributed by atoms with Crippen LogP contribution in [0.1, 0.15) is 26.3 Å². The van der Waals surface area contributed by atoms with Crippen molar-refractivity contribution in [2.45, 2.75) is 31.5 Å². The zero-order valence-corrected chi connectivity index (χ0v) is 8.80. The molecule has 0 amide bonds. The minimum atomic E-state index is 0.386. The Balaban J connectivity index is 2.88. The Morgan fingerprint density at radius 2 is 2.33 bits per heavy atom. The van der Waals surface area contributed by atoms with Gasteiger partial charge >= 0.3 is 5.16 Å². The summed E-state index contributed by atoms with van der Waals surface area (Å²) in [6, 6.07) is 0.386. The Labute approximate surface area is 76.9 Å². The maximum atomic E-state index is 4.33. The molecule has 1 heterocycles. The van der Waals surface area contributed by atoms with Gasteiger partial charge in [0.2, 0.25) is 0 Å². The second-order valence-electron chi connectivity index (χ2n) is 2.78. The molecular formula is C7H15N4S+. The van der Waals surface area contributed by atoms with Crippen LogP contribution in [0.5, 0.6) is 0 Å². The van der Waals surface area contributed by atoms with Crippen LogP contribution in [0.25, 0.3) is 0 Å². The van der Waals surface area contributed by atoms with Gasteiger partial charge in [0, 0.05) is 0 Å². The van der Waals surface area contributed by atoms with Gasteiger partial charge in [-0.15, -0.1) is 4.68 Å². The normalized spacial score (nSPS) is 13.3. The number of thioether (sulfide) groups is 1. The van der Waals surface area contributed by atoms with Gasteiger partial charge in [0.1, 0.15) is 6.04 Å². The maximum absolute atomic E-state index is 4.33. The SMILES string of the molecule is CCC(C)n1nc(SC)[n+](C)n1. The highest BCUT2D eigenvalue weighted by Crippen LogP contribution is 2.08. The van der Waals surface area contributed by atoms with E-state index in [1.54, 1.807) is 21.2 Å². The molecule has 0 aliphatic carbocycles. The van der Waals surface area contributed by atoms with Crippen molar-refractivity contribution in [1.29, 1.82) is 0 Å². The minimum absolute atomic E-state index is 0.386. The van der Waals surface area contributed by atoms with Crippen molar-refractivity contribution in [3.8, 4) is 0 Å². The minimum Gasteiger partial charge on any atom is -0.131 e. The van der Waals surface area contributed by atoms with E-state index in [4.69, 9.17) is 0 Å². The molecule has 1 unspecified atom stereocenters. The number of hydrogen-bond donors (Lipinski definition) is 0. The highest BCUT2D eigenvalue weighted by atomic mass is 32.2. The molecule has 0 spiro atoms. The molecule has 1 atom stereocenters. The van der Waals surface area contributed by atoms with Crippen molar-refractivity contribution in [3.63, 3.8) is 0 Å². The molecule has 0 bridgehead atoms. The van der Waals surface area contributed by atoms with E-state index >= 15 is 0 Å². The van der Waals surface area contributed by atoms with Gasteiger partial charge in [-0.1, -0.05) is 18.7 Å². The van der Waals surface area contributed by atoms with Crippen LogP contribution in [0.3, 0.4) is 0 Å². The Morgan fingerprint density at radius 3 is 2.75 bits per heavy atom. The average molecular weight is 187 g/mol. The first-order chi connectivity index (χ1) is 5.69. The number of tetrazole rings is 1. The Kier molecular flexibility index (Phi) is 3.08. The fraction of sp³-hybridized carbons (Fsp3) is 0.857. The van der Waals surface area contributed by atoms with Crippen LogP contribution in [-0.2, 0) is 7.05 Å². The lowest BCUT2D eigenvalue weighted by atomic mass is 10.3. The lowest BCUT2D eigenvalue weighted by Gasteiger charge is -1.95. The molecule has 4 nitrogen and oxygen atoms in total. The second-order valence-corrected chi connectivity index (χ2v) is 3.55. The van der Waals surface area contributed by atoms with E-state index in [9.17, 15) is 0 Å². The standard InChI is InChI=1S/C7H15N4S/c1-5-6(2)11-8-7(12-4)10(3)9-11/h6H,5H2,1-4H3/q+1. The second kappa shape index (κ2) is 3.89. The molecule has 0 radical (unpaired) electrons. The lowest BCUT2D eigenvalue weighted by molar-refractivity contribution is -0.767. The van der Waals surface area contributed by atoms with Gasteiger partial charge in [-0.2, -0.15) is 0 Å². The summed E-state index contributed by atoms with van der Waals surface area (Å²) in [5.74, 6) is 0. The first kappa shape index (κ1) is 9.51. The Hall–Kier alpha value is -0.580. The fourth-order valence-electron chi connectivity index (χ4n) is 0.871. The molecule has 5 heteroatoms. The van der Waals surface area contributed by atoms with Gasteiger partial charge in [-0.25, -0.2) is 0 Å². The van der Waals surface area contributed by atoms with E-state index in [1.165, 1.54) is 0 Å². The summed E-state index contributed by atoms with van der Waals surface area (Å²) in [4.78, 5) is 1.77. The largest absolute Gasteiger partial charge is 0.357 e. The number of nitrogens with zero attached hydrogens (tertiary/aromatic N) is 4. The summed E-state index contributed by atoms with van der Waals surface area (Å²) < 4.78 is 1.80. The number of rotatable bonds is 3. The van der Waals surface area contributed by atoms with Crippen molar-refractivity contribution in [2.75, 3.05) is 6.26 Å². The van der Waals surface area contributed by atoms with E-state index in [0.717, 1.165) is 11.6 Å². The monoisotopic (exact) mass is 187 g/mol. The summed E-state index contributed by atoms with van der Waals surface area (Å²) >= 11 is 1.61. The summed E-state index contributed by atoms with van der Waals surface area (Å²) in [5, 5.41) is 9.54. The van der Waals surface area contributed by atoms with E-state index in [1.807, 2.05) is 13.3 Å². The van der Waals surface area contributed by atoms with Gasteiger partial charge in [0.25, 0.3) is 0 Å². The van der Waals surface area contributed by atoms with Gasteiger partial charge in [-0.05, 0) is 24.4 Å². The smallest absolute Gasteiger partial charge is 0.131 e. The van der Waals surface area contributed by atoms with Crippen LogP contribution in [0.2, 0.25) is 0 Å². The average Bonchev–Trinajstić information content (AvgIpc) is 2.45. The van der Waals surface area contributed by atoms with E-state index in [0.29, 0.717) is 6.04 Å². The molecule has 0 aliphatic heterocycles. The van der Waals surface area contributed by atoms with E-state index in [-0.39, 0.29) is 0 Å². The number of aryl methyl sites for hydroxylation is 1. The molecule has 0 fully saturated rings. The van der Waals surface area contributed by atoms with Gasteiger partial charge < -0.3 is 0 Å². The Bertz CT molecular complexity index is 258. The topological polar surface area (TPSA) is 34.6 Å². The van der Waals surface area contributed by atoms with Crippen LogP contribution >= 0.6 is 11.8 Å². The molecule has 12 heavy (non-hydrogen) atoms. The van der Waals surface area contributed by atoms with Crippen molar-refractivity contribution in [3.05, 3.63) is 0 Å². The summed E-state index contributed by atoms with van der Waals surface area (Å²) in [5.41, 5.74) is 0. The van der Waals surface area contributed by atoms with Crippen molar-refractivity contribution >= 4 is 11.8 Å². The van der Waals surface area contributed by atoms with E-state index in [2.05, 4.69) is 24.2 Å². The predicted molar refractivity (Wildman–Crippen MR) is 48.0 cm³/mol. The zero-order valence-electron chi connectivity index (χ0n) is 7.98. The first-order valence-corrected chi connectivity index (χ1v) is 5.28. The predicted octanol–water partition coefficient (Wildman–Crippen LogP) is 0.796. The third-order valence-corrected chi connectivity index (χ3v) is 2.57. The van der Waals surface area contributed by atoms with E-state index < -0.39 is 0 Å². The first-order valence-electron chi connectivity index (χ1n) is 4.06. The molecule has 0 aromatic carbocycles. The van der Waals surface area contributed by atoms with Crippen LogP contribution in [0, 0.1) is 0 Å². The van der Waals surface area contributed by atoms with Gasteiger partial charge in [0.15, 0.2) is 0 Å². The molecule has 68 valence electrons.